The smallest absolute Gasteiger partial charge is 0.277 e. The van der Waals surface area contributed by atoms with Crippen LogP contribution in [0.1, 0.15) is 18.3 Å². The molecule has 2 amide bonds. The van der Waals surface area contributed by atoms with Gasteiger partial charge in [0.2, 0.25) is 4.96 Å². The van der Waals surface area contributed by atoms with Crippen LogP contribution in [0.25, 0.3) is 15.5 Å². The van der Waals surface area contributed by atoms with Crippen LogP contribution in [0.5, 0.6) is 0 Å². The maximum atomic E-state index is 12.4. The molecule has 0 radical (unpaired) electrons. The van der Waals surface area contributed by atoms with E-state index < -0.39 is 11.8 Å². The average Bonchev–Trinajstić information content (AvgIpc) is 3.33. The Labute approximate surface area is 164 Å². The minimum atomic E-state index is -0.449. The van der Waals surface area contributed by atoms with Crippen LogP contribution < -0.4 is 5.32 Å². The second-order valence-electron chi connectivity index (χ2n) is 6.25. The van der Waals surface area contributed by atoms with E-state index in [1.165, 1.54) is 17.4 Å². The van der Waals surface area contributed by atoms with Crippen molar-refractivity contribution in [2.75, 3.05) is 18.5 Å². The van der Waals surface area contributed by atoms with Gasteiger partial charge in [-0.25, -0.2) is 0 Å². The number of amides is 2. The zero-order valence-electron chi connectivity index (χ0n) is 15.3. The zero-order valence-corrected chi connectivity index (χ0v) is 16.2. The normalized spacial score (nSPS) is 14.2. The van der Waals surface area contributed by atoms with E-state index in [1.807, 2.05) is 32.0 Å². The van der Waals surface area contributed by atoms with E-state index in [4.69, 9.17) is 5.11 Å². The van der Waals surface area contributed by atoms with E-state index >= 15 is 0 Å². The van der Waals surface area contributed by atoms with Crippen molar-refractivity contribution in [3.05, 3.63) is 41.4 Å². The fourth-order valence-electron chi connectivity index (χ4n) is 3.04. The number of fused-ring (bicyclic) bond motifs is 1. The first-order valence-corrected chi connectivity index (χ1v) is 9.61. The number of β-amino-alcohol motifs (C(OH)–C–C–N with tert-alkyl or cyclic N) is 1. The number of aromatic nitrogens is 4. The number of carbonyl (C=O) groups is 2. The van der Waals surface area contributed by atoms with Crippen LogP contribution in [-0.2, 0) is 16.0 Å². The van der Waals surface area contributed by atoms with Crippen molar-refractivity contribution < 1.29 is 14.7 Å². The Morgan fingerprint density at radius 1 is 1.25 bits per heavy atom. The quantitative estimate of drug-likeness (QED) is 0.603. The molecule has 1 aliphatic rings. The summed E-state index contributed by atoms with van der Waals surface area (Å²) in [4.78, 5) is 26.0. The predicted molar refractivity (Wildman–Crippen MR) is 104 cm³/mol. The molecule has 3 aromatic rings. The van der Waals surface area contributed by atoms with E-state index in [0.717, 1.165) is 38.2 Å². The summed E-state index contributed by atoms with van der Waals surface area (Å²) >= 11 is 1.44. The molecule has 9 nitrogen and oxygen atoms in total. The first-order valence-electron chi connectivity index (χ1n) is 8.80. The van der Waals surface area contributed by atoms with Crippen LogP contribution in [-0.4, -0.2) is 54.8 Å². The van der Waals surface area contributed by atoms with Gasteiger partial charge in [-0.2, -0.15) is 9.61 Å². The van der Waals surface area contributed by atoms with Gasteiger partial charge in [0.25, 0.3) is 11.8 Å². The second-order valence-corrected chi connectivity index (χ2v) is 7.21. The Morgan fingerprint density at radius 2 is 2.07 bits per heavy atom. The highest BCUT2D eigenvalue weighted by molar-refractivity contribution is 7.19. The van der Waals surface area contributed by atoms with E-state index in [9.17, 15) is 9.59 Å². The summed E-state index contributed by atoms with van der Waals surface area (Å²) in [6.45, 7) is 3.63. The van der Waals surface area contributed by atoms with Gasteiger partial charge < -0.3 is 10.4 Å². The highest BCUT2D eigenvalue weighted by atomic mass is 32.1. The second kappa shape index (κ2) is 7.13. The third-order valence-corrected chi connectivity index (χ3v) is 5.47. The lowest BCUT2D eigenvalue weighted by molar-refractivity contribution is -0.137. The average molecular weight is 398 g/mol. The van der Waals surface area contributed by atoms with Gasteiger partial charge in [0.15, 0.2) is 5.82 Å². The summed E-state index contributed by atoms with van der Waals surface area (Å²) in [7, 11) is 0. The van der Waals surface area contributed by atoms with Crippen molar-refractivity contribution in [1.29, 1.82) is 0 Å². The van der Waals surface area contributed by atoms with Gasteiger partial charge in [-0.3, -0.25) is 14.5 Å². The van der Waals surface area contributed by atoms with Crippen LogP contribution >= 0.6 is 11.3 Å². The summed E-state index contributed by atoms with van der Waals surface area (Å²) in [5, 5.41) is 25.7. The van der Waals surface area contributed by atoms with Gasteiger partial charge in [-0.1, -0.05) is 30.4 Å². The monoisotopic (exact) mass is 398 g/mol. The molecule has 0 fully saturated rings. The van der Waals surface area contributed by atoms with Crippen molar-refractivity contribution in [2.24, 2.45) is 0 Å². The summed E-state index contributed by atoms with van der Waals surface area (Å²) in [6.07, 6.45) is 1.99. The lowest BCUT2D eigenvalue weighted by Crippen LogP contribution is -2.34. The number of imide groups is 1. The number of aliphatic hydroxyl groups excluding tert-OH is 1. The Kier molecular flexibility index (Phi) is 4.65. The summed E-state index contributed by atoms with van der Waals surface area (Å²) in [6, 6.07) is 5.65. The van der Waals surface area contributed by atoms with E-state index in [0.29, 0.717) is 5.69 Å². The molecular weight excluding hydrogens is 380 g/mol. The molecule has 4 rings (SSSR count). The van der Waals surface area contributed by atoms with E-state index in [1.54, 1.807) is 4.52 Å². The molecule has 0 spiro atoms. The molecule has 0 saturated heterocycles. The Bertz CT molecular complexity index is 1120. The van der Waals surface area contributed by atoms with Crippen molar-refractivity contribution in [2.45, 2.75) is 20.3 Å². The topological polar surface area (TPSA) is 113 Å². The minimum Gasteiger partial charge on any atom is -0.395 e. The highest BCUT2D eigenvalue weighted by Crippen LogP contribution is 2.32. The number of benzene rings is 1. The van der Waals surface area contributed by atoms with E-state index in [2.05, 4.69) is 20.6 Å². The van der Waals surface area contributed by atoms with Crippen molar-refractivity contribution in [1.82, 2.24) is 24.7 Å². The minimum absolute atomic E-state index is 0.0227. The van der Waals surface area contributed by atoms with Crippen LogP contribution in [0.15, 0.2) is 30.0 Å². The van der Waals surface area contributed by atoms with Crippen LogP contribution in [0.2, 0.25) is 0 Å². The van der Waals surface area contributed by atoms with Crippen molar-refractivity contribution >= 4 is 33.8 Å². The highest BCUT2D eigenvalue weighted by Gasteiger charge is 2.31. The molecule has 28 heavy (non-hydrogen) atoms. The maximum Gasteiger partial charge on any atom is 0.277 e. The third-order valence-electron chi connectivity index (χ3n) is 4.54. The van der Waals surface area contributed by atoms with Crippen LogP contribution in [0.4, 0.5) is 5.69 Å². The molecule has 2 aromatic heterocycles. The lowest BCUT2D eigenvalue weighted by atomic mass is 10.1. The first kappa shape index (κ1) is 18.3. The number of nitrogens with one attached hydrogen (secondary N) is 1. The van der Waals surface area contributed by atoms with Gasteiger partial charge in [-0.05, 0) is 18.6 Å². The van der Waals surface area contributed by atoms with Crippen molar-refractivity contribution in [3.63, 3.8) is 0 Å². The number of nitrogens with zero attached hydrogens (tertiary/aromatic N) is 5. The number of hydrogen-bond acceptors (Lipinski definition) is 8. The number of aryl methyl sites for hydroxylation is 1. The number of rotatable bonds is 6. The standard InChI is InChI=1S/C18H18N6O3S/c1-3-14-20-21-18-24(14)22-16(28-18)11-5-4-6-12(10(11)2)19-13-9-15(26)23(7-8-25)17(13)27/h4-6,9,19,25H,3,7-8H2,1-2H3. The van der Waals surface area contributed by atoms with Gasteiger partial charge in [0.1, 0.15) is 10.7 Å². The summed E-state index contributed by atoms with van der Waals surface area (Å²) < 4.78 is 1.74. The molecule has 1 aromatic carbocycles. The van der Waals surface area contributed by atoms with Gasteiger partial charge in [0, 0.05) is 23.7 Å². The summed E-state index contributed by atoms with van der Waals surface area (Å²) in [5.74, 6) is -0.0834. The number of hydrogen-bond donors (Lipinski definition) is 2. The fourth-order valence-corrected chi connectivity index (χ4v) is 3.99. The van der Waals surface area contributed by atoms with Gasteiger partial charge in [0.05, 0.1) is 13.2 Å². The molecule has 0 unspecified atom stereocenters. The molecule has 144 valence electrons. The zero-order chi connectivity index (χ0) is 19.8. The molecule has 0 bridgehead atoms. The lowest BCUT2D eigenvalue weighted by Gasteiger charge is -2.15. The molecule has 1 aliphatic heterocycles. The molecule has 0 atom stereocenters. The Hall–Kier alpha value is -3.11. The number of anilines is 1. The van der Waals surface area contributed by atoms with Crippen molar-refractivity contribution in [3.8, 4) is 10.6 Å². The largest absolute Gasteiger partial charge is 0.395 e. The molecule has 10 heteroatoms. The van der Waals surface area contributed by atoms with Crippen LogP contribution in [0, 0.1) is 6.92 Å². The van der Waals surface area contributed by atoms with Gasteiger partial charge >= 0.3 is 0 Å². The molecule has 0 saturated carbocycles. The molecule has 0 aliphatic carbocycles. The third kappa shape index (κ3) is 2.96. The predicted octanol–water partition coefficient (Wildman–Crippen LogP) is 1.38. The molecule has 3 heterocycles. The maximum absolute atomic E-state index is 12.4. The fraction of sp³-hybridized carbons (Fsp3) is 0.278. The Balaban J connectivity index is 1.65. The number of aliphatic hydroxyl groups is 1. The van der Waals surface area contributed by atoms with Gasteiger partial charge in [-0.15, -0.1) is 10.2 Å². The molecule has 2 N–H and O–H groups in total. The summed E-state index contributed by atoms with van der Waals surface area (Å²) in [5.41, 5.74) is 2.70. The SMILES string of the molecule is CCc1nnc2sc(-c3cccc(NC4=CC(=O)N(CCO)C4=O)c3C)nn12. The Morgan fingerprint density at radius 3 is 2.82 bits per heavy atom. The molecular formula is C18H18N6O3S. The van der Waals surface area contributed by atoms with E-state index in [-0.39, 0.29) is 18.8 Å². The van der Waals surface area contributed by atoms with Crippen LogP contribution in [0.3, 0.4) is 0 Å². The number of carbonyl (C=O) groups excluding carboxylic acids is 2. The first-order chi connectivity index (χ1) is 13.5.